The molecule has 2 fully saturated rings. The summed E-state index contributed by atoms with van der Waals surface area (Å²) in [6.07, 6.45) is 4.08. The van der Waals surface area contributed by atoms with Crippen LogP contribution < -0.4 is 10.1 Å². The Bertz CT molecular complexity index is 612. The monoisotopic (exact) mass is 372 g/mol. The van der Waals surface area contributed by atoms with Crippen LogP contribution in [-0.4, -0.2) is 67.7 Å². The first kappa shape index (κ1) is 20.0. The van der Waals surface area contributed by atoms with Gasteiger partial charge in [0.2, 0.25) is 0 Å². The van der Waals surface area contributed by atoms with Gasteiger partial charge in [0, 0.05) is 26.2 Å². The lowest BCUT2D eigenvalue weighted by Crippen LogP contribution is -2.41. The van der Waals surface area contributed by atoms with Gasteiger partial charge >= 0.3 is 0 Å². The van der Waals surface area contributed by atoms with E-state index in [1.807, 2.05) is 12.1 Å². The van der Waals surface area contributed by atoms with Crippen LogP contribution in [0, 0.1) is 12.8 Å². The summed E-state index contributed by atoms with van der Waals surface area (Å²) in [5, 5.41) is 3.47. The van der Waals surface area contributed by atoms with E-state index in [9.17, 15) is 0 Å². The van der Waals surface area contributed by atoms with Crippen LogP contribution in [0.25, 0.3) is 0 Å². The summed E-state index contributed by atoms with van der Waals surface area (Å²) < 4.78 is 6.04. The van der Waals surface area contributed by atoms with Gasteiger partial charge in [-0.25, -0.2) is 4.99 Å². The van der Waals surface area contributed by atoms with Crippen LogP contribution in [0.1, 0.15) is 38.7 Å². The third-order valence-electron chi connectivity index (χ3n) is 5.46. The van der Waals surface area contributed by atoms with E-state index in [2.05, 4.69) is 48.0 Å². The van der Waals surface area contributed by atoms with E-state index in [4.69, 9.17) is 9.73 Å². The Morgan fingerprint density at radius 2 is 2.11 bits per heavy atom. The van der Waals surface area contributed by atoms with Crippen LogP contribution in [0.4, 0.5) is 0 Å². The van der Waals surface area contributed by atoms with Crippen LogP contribution in [0.2, 0.25) is 0 Å². The topological polar surface area (TPSA) is 40.1 Å². The zero-order chi connectivity index (χ0) is 19.1. The Balaban J connectivity index is 1.51. The molecular weight excluding hydrogens is 336 g/mol. The third-order valence-corrected chi connectivity index (χ3v) is 5.46. The second-order valence-electron chi connectivity index (χ2n) is 8.05. The van der Waals surface area contributed by atoms with Crippen LogP contribution in [-0.2, 0) is 0 Å². The molecule has 0 aromatic heterocycles. The molecule has 1 N–H and O–H groups in total. The number of nitrogens with zero attached hydrogens (tertiary/aromatic N) is 3. The smallest absolute Gasteiger partial charge is 0.194 e. The highest BCUT2D eigenvalue weighted by atomic mass is 16.5. The standard InChI is InChI=1S/C22H36N4O/c1-4-23-22(24-15-19(3)27-21-9-7-8-18(2)14-21)26-13-10-20(17-26)16-25-11-5-6-12-25/h7-9,14,19-20H,4-6,10-13,15-17H2,1-3H3,(H,23,24). The zero-order valence-corrected chi connectivity index (χ0v) is 17.3. The van der Waals surface area contributed by atoms with Crippen molar-refractivity contribution in [1.82, 2.24) is 15.1 Å². The summed E-state index contributed by atoms with van der Waals surface area (Å²) in [7, 11) is 0. The number of aliphatic imine (C=N–C) groups is 1. The summed E-state index contributed by atoms with van der Waals surface area (Å²) in [6, 6.07) is 8.22. The maximum absolute atomic E-state index is 6.04. The van der Waals surface area contributed by atoms with E-state index >= 15 is 0 Å². The van der Waals surface area contributed by atoms with Crippen molar-refractivity contribution in [2.75, 3.05) is 45.8 Å². The molecule has 0 saturated carbocycles. The number of guanidine groups is 1. The minimum atomic E-state index is 0.0588. The summed E-state index contributed by atoms with van der Waals surface area (Å²) >= 11 is 0. The van der Waals surface area contributed by atoms with Crippen molar-refractivity contribution in [3.05, 3.63) is 29.8 Å². The van der Waals surface area contributed by atoms with Gasteiger partial charge in [0.1, 0.15) is 11.9 Å². The second kappa shape index (κ2) is 9.98. The number of rotatable bonds is 7. The molecule has 3 rings (SSSR count). The number of nitrogens with one attached hydrogen (secondary N) is 1. The lowest BCUT2D eigenvalue weighted by Gasteiger charge is -2.24. The summed E-state index contributed by atoms with van der Waals surface area (Å²) in [6.45, 7) is 14.0. The van der Waals surface area contributed by atoms with Crippen molar-refractivity contribution in [3.63, 3.8) is 0 Å². The van der Waals surface area contributed by atoms with Gasteiger partial charge in [-0.2, -0.15) is 0 Å². The zero-order valence-electron chi connectivity index (χ0n) is 17.3. The van der Waals surface area contributed by atoms with Gasteiger partial charge in [-0.3, -0.25) is 0 Å². The molecule has 0 spiro atoms. The van der Waals surface area contributed by atoms with Gasteiger partial charge < -0.3 is 19.9 Å². The molecule has 0 bridgehead atoms. The van der Waals surface area contributed by atoms with Gasteiger partial charge in [0.15, 0.2) is 5.96 Å². The molecule has 2 aliphatic rings. The lowest BCUT2D eigenvalue weighted by atomic mass is 10.1. The Morgan fingerprint density at radius 3 is 2.85 bits per heavy atom. The molecule has 2 saturated heterocycles. The number of ether oxygens (including phenoxy) is 1. The van der Waals surface area contributed by atoms with Crippen molar-refractivity contribution >= 4 is 5.96 Å². The molecule has 2 heterocycles. The first-order valence-corrected chi connectivity index (χ1v) is 10.6. The fourth-order valence-corrected chi connectivity index (χ4v) is 4.10. The molecular formula is C22H36N4O. The van der Waals surface area contributed by atoms with Gasteiger partial charge in [0.05, 0.1) is 6.54 Å². The summed E-state index contributed by atoms with van der Waals surface area (Å²) in [5.74, 6) is 2.74. The Kier molecular flexibility index (Phi) is 7.39. The van der Waals surface area contributed by atoms with E-state index < -0.39 is 0 Å². The average molecular weight is 373 g/mol. The minimum Gasteiger partial charge on any atom is -0.489 e. The van der Waals surface area contributed by atoms with Crippen LogP contribution in [0.3, 0.4) is 0 Å². The van der Waals surface area contributed by atoms with E-state index in [-0.39, 0.29) is 6.10 Å². The predicted molar refractivity (Wildman–Crippen MR) is 113 cm³/mol. The highest BCUT2D eigenvalue weighted by Crippen LogP contribution is 2.20. The number of hydrogen-bond acceptors (Lipinski definition) is 3. The Hall–Kier alpha value is -1.75. The third kappa shape index (κ3) is 6.13. The Morgan fingerprint density at radius 1 is 1.30 bits per heavy atom. The van der Waals surface area contributed by atoms with Crippen molar-refractivity contribution in [1.29, 1.82) is 0 Å². The minimum absolute atomic E-state index is 0.0588. The van der Waals surface area contributed by atoms with E-state index in [0.717, 1.165) is 37.3 Å². The van der Waals surface area contributed by atoms with Gasteiger partial charge in [-0.1, -0.05) is 12.1 Å². The van der Waals surface area contributed by atoms with Crippen molar-refractivity contribution < 1.29 is 4.74 Å². The van der Waals surface area contributed by atoms with Gasteiger partial charge in [0.25, 0.3) is 0 Å². The van der Waals surface area contributed by atoms with Crippen LogP contribution in [0.5, 0.6) is 5.75 Å². The molecule has 2 unspecified atom stereocenters. The molecule has 2 aliphatic heterocycles. The highest BCUT2D eigenvalue weighted by molar-refractivity contribution is 5.80. The van der Waals surface area contributed by atoms with Crippen molar-refractivity contribution in [3.8, 4) is 5.75 Å². The average Bonchev–Trinajstić information content (AvgIpc) is 3.31. The maximum Gasteiger partial charge on any atom is 0.194 e. The molecule has 1 aromatic carbocycles. The van der Waals surface area contributed by atoms with Crippen LogP contribution in [0.15, 0.2) is 29.3 Å². The second-order valence-corrected chi connectivity index (χ2v) is 8.05. The number of likely N-dealkylation sites (tertiary alicyclic amines) is 2. The SMILES string of the molecule is CCNC(=NCC(C)Oc1cccc(C)c1)N1CCC(CN2CCCC2)C1. The molecule has 0 amide bonds. The largest absolute Gasteiger partial charge is 0.489 e. The maximum atomic E-state index is 6.04. The molecule has 5 heteroatoms. The first-order valence-electron chi connectivity index (χ1n) is 10.6. The number of aryl methyl sites for hydroxylation is 1. The predicted octanol–water partition coefficient (Wildman–Crippen LogP) is 3.15. The van der Waals surface area contributed by atoms with Crippen molar-refractivity contribution in [2.24, 2.45) is 10.9 Å². The summed E-state index contributed by atoms with van der Waals surface area (Å²) in [5.41, 5.74) is 1.22. The number of hydrogen-bond donors (Lipinski definition) is 1. The van der Waals surface area contributed by atoms with Crippen LogP contribution >= 0.6 is 0 Å². The van der Waals surface area contributed by atoms with E-state index in [0.29, 0.717) is 6.54 Å². The molecule has 150 valence electrons. The first-order chi connectivity index (χ1) is 13.1. The molecule has 0 radical (unpaired) electrons. The van der Waals surface area contributed by atoms with E-state index in [1.165, 1.54) is 44.5 Å². The Labute approximate surface area is 164 Å². The molecule has 5 nitrogen and oxygen atoms in total. The fraction of sp³-hybridized carbons (Fsp3) is 0.682. The fourth-order valence-electron chi connectivity index (χ4n) is 4.10. The number of benzene rings is 1. The van der Waals surface area contributed by atoms with Gasteiger partial charge in [-0.05, 0) is 76.7 Å². The molecule has 27 heavy (non-hydrogen) atoms. The molecule has 0 aliphatic carbocycles. The highest BCUT2D eigenvalue weighted by Gasteiger charge is 2.27. The normalized spacial score (nSPS) is 22.3. The lowest BCUT2D eigenvalue weighted by molar-refractivity contribution is 0.229. The molecule has 1 aromatic rings. The van der Waals surface area contributed by atoms with Crippen molar-refractivity contribution in [2.45, 2.75) is 46.1 Å². The van der Waals surface area contributed by atoms with Gasteiger partial charge in [-0.15, -0.1) is 0 Å². The molecule has 2 atom stereocenters. The summed E-state index contributed by atoms with van der Waals surface area (Å²) in [4.78, 5) is 9.94. The van der Waals surface area contributed by atoms with E-state index in [1.54, 1.807) is 0 Å². The quantitative estimate of drug-likeness (QED) is 0.590.